The van der Waals surface area contributed by atoms with E-state index in [4.69, 9.17) is 33.2 Å². The molecule has 1 N–H and O–H groups in total. The molecule has 6 atom stereocenters. The van der Waals surface area contributed by atoms with Crippen molar-refractivity contribution in [3.05, 3.63) is 35.9 Å². The molecule has 0 saturated carbocycles. The number of nitrogens with one attached hydrogen (secondary N) is 1. The lowest BCUT2D eigenvalue weighted by molar-refractivity contribution is -0.310. The first-order chi connectivity index (χ1) is 18.4. The van der Waals surface area contributed by atoms with E-state index < -0.39 is 72.6 Å². The first-order valence-corrected chi connectivity index (χ1v) is 12.1. The molecule has 1 aromatic carbocycles. The van der Waals surface area contributed by atoms with Crippen LogP contribution in [0.2, 0.25) is 0 Å². The number of benzene rings is 1. The van der Waals surface area contributed by atoms with Crippen LogP contribution in [0.15, 0.2) is 30.3 Å². The maximum absolute atomic E-state index is 12.9. The van der Waals surface area contributed by atoms with Crippen LogP contribution in [0.1, 0.15) is 39.7 Å². The molecule has 216 valence electrons. The Balaban J connectivity index is 2.63. The van der Waals surface area contributed by atoms with E-state index in [1.54, 1.807) is 0 Å². The van der Waals surface area contributed by atoms with Gasteiger partial charge in [0.05, 0.1) is 25.9 Å². The SMILES string of the molecule is COC(=O)[C@]1(OC)C[C@H](OCc2ccccc2)[C@@H](NC(C)=O)[C@H]([C@H](OC(C)=O)[C@@H](COC(C)=O)OC(C)=O)O1. The highest BCUT2D eigenvalue weighted by Crippen LogP contribution is 2.36. The summed E-state index contributed by atoms with van der Waals surface area (Å²) in [6, 6.07) is 8.07. The Morgan fingerprint density at radius 2 is 1.62 bits per heavy atom. The van der Waals surface area contributed by atoms with Gasteiger partial charge >= 0.3 is 23.9 Å². The summed E-state index contributed by atoms with van der Waals surface area (Å²) >= 11 is 0. The van der Waals surface area contributed by atoms with Crippen molar-refractivity contribution in [1.82, 2.24) is 5.32 Å². The molecule has 1 heterocycles. The number of ether oxygens (including phenoxy) is 7. The van der Waals surface area contributed by atoms with Crippen LogP contribution in [0.4, 0.5) is 0 Å². The molecule has 1 aliphatic rings. The minimum atomic E-state index is -2.06. The van der Waals surface area contributed by atoms with Crippen molar-refractivity contribution in [2.24, 2.45) is 0 Å². The van der Waals surface area contributed by atoms with Gasteiger partial charge in [0.25, 0.3) is 5.79 Å². The first kappa shape index (κ1) is 31.7. The van der Waals surface area contributed by atoms with Gasteiger partial charge in [-0.25, -0.2) is 4.79 Å². The molecule has 1 saturated heterocycles. The Labute approximate surface area is 226 Å². The molecule has 0 aromatic heterocycles. The van der Waals surface area contributed by atoms with Crippen molar-refractivity contribution in [3.63, 3.8) is 0 Å². The van der Waals surface area contributed by atoms with Gasteiger partial charge in [-0.1, -0.05) is 30.3 Å². The Kier molecular flexibility index (Phi) is 11.8. The summed E-state index contributed by atoms with van der Waals surface area (Å²) in [6.45, 7) is 4.17. The molecule has 13 heteroatoms. The van der Waals surface area contributed by atoms with Crippen LogP contribution in [0.5, 0.6) is 0 Å². The lowest BCUT2D eigenvalue weighted by Gasteiger charge is -2.48. The quantitative estimate of drug-likeness (QED) is 0.287. The largest absolute Gasteiger partial charge is 0.465 e. The fourth-order valence-electron chi connectivity index (χ4n) is 4.22. The number of esters is 4. The van der Waals surface area contributed by atoms with E-state index in [9.17, 15) is 24.0 Å². The summed E-state index contributed by atoms with van der Waals surface area (Å²) in [6.07, 6.45) is -5.48. The van der Waals surface area contributed by atoms with Gasteiger partial charge in [0, 0.05) is 41.2 Å². The number of methoxy groups -OCH3 is 2. The third kappa shape index (κ3) is 9.01. The number of hydrogen-bond donors (Lipinski definition) is 1. The highest BCUT2D eigenvalue weighted by atomic mass is 16.7. The number of rotatable bonds is 12. The van der Waals surface area contributed by atoms with Crippen LogP contribution in [0.3, 0.4) is 0 Å². The van der Waals surface area contributed by atoms with Crippen molar-refractivity contribution in [2.75, 3.05) is 20.8 Å². The van der Waals surface area contributed by atoms with Gasteiger partial charge in [-0.3, -0.25) is 19.2 Å². The third-order valence-corrected chi connectivity index (χ3v) is 5.81. The number of carbonyl (C=O) groups is 5. The maximum atomic E-state index is 12.9. The summed E-state index contributed by atoms with van der Waals surface area (Å²) in [7, 11) is 2.34. The van der Waals surface area contributed by atoms with Crippen LogP contribution in [-0.2, 0) is 63.7 Å². The molecule has 39 heavy (non-hydrogen) atoms. The standard InChI is InChI=1S/C26H35NO12/c1-15(28)27-22-20(36-13-19-10-8-7-9-11-19)12-26(34-6,25(32)33-5)39-24(22)23(38-18(4)31)21(37-17(3)30)14-35-16(2)29/h7-11,20-24H,12-14H2,1-6H3,(H,27,28)/t20-,21+,22+,23+,24+,26-/m0/s1. The molecule has 1 fully saturated rings. The molecule has 0 bridgehead atoms. The molecule has 1 aliphatic heterocycles. The fraction of sp³-hybridized carbons (Fsp3) is 0.577. The Bertz CT molecular complexity index is 1020. The Hall–Kier alpha value is -3.55. The van der Waals surface area contributed by atoms with Gasteiger partial charge in [0.1, 0.15) is 12.7 Å². The van der Waals surface area contributed by atoms with Gasteiger partial charge in [-0.2, -0.15) is 0 Å². The second-order valence-corrected chi connectivity index (χ2v) is 8.82. The van der Waals surface area contributed by atoms with E-state index in [-0.39, 0.29) is 13.0 Å². The molecule has 2 rings (SSSR count). The van der Waals surface area contributed by atoms with E-state index in [2.05, 4.69) is 5.32 Å². The predicted octanol–water partition coefficient (Wildman–Crippen LogP) is 0.808. The zero-order valence-electron chi connectivity index (χ0n) is 22.8. The smallest absolute Gasteiger partial charge is 0.366 e. The summed E-state index contributed by atoms with van der Waals surface area (Å²) in [5.41, 5.74) is 0.799. The third-order valence-electron chi connectivity index (χ3n) is 5.81. The predicted molar refractivity (Wildman–Crippen MR) is 132 cm³/mol. The van der Waals surface area contributed by atoms with Gasteiger partial charge in [-0.05, 0) is 5.56 Å². The minimum absolute atomic E-state index is 0.0777. The lowest BCUT2D eigenvalue weighted by atomic mass is 9.88. The van der Waals surface area contributed by atoms with Crippen LogP contribution >= 0.6 is 0 Å². The topological polar surface area (TPSA) is 162 Å². The Morgan fingerprint density at radius 1 is 0.974 bits per heavy atom. The van der Waals surface area contributed by atoms with Crippen molar-refractivity contribution in [2.45, 2.75) is 77.0 Å². The van der Waals surface area contributed by atoms with E-state index in [1.165, 1.54) is 14.0 Å². The number of hydrogen-bond acceptors (Lipinski definition) is 12. The van der Waals surface area contributed by atoms with Crippen molar-refractivity contribution in [1.29, 1.82) is 0 Å². The average Bonchev–Trinajstić information content (AvgIpc) is 2.88. The normalized spacial score (nSPS) is 24.0. The zero-order valence-corrected chi connectivity index (χ0v) is 22.8. The minimum Gasteiger partial charge on any atom is -0.465 e. The summed E-state index contributed by atoms with van der Waals surface area (Å²) in [4.78, 5) is 61.0. The molecule has 0 unspecified atom stereocenters. The van der Waals surface area contributed by atoms with Crippen LogP contribution in [0, 0.1) is 0 Å². The molecule has 1 amide bonds. The monoisotopic (exact) mass is 553 g/mol. The summed E-state index contributed by atoms with van der Waals surface area (Å²) in [5.74, 6) is -5.75. The van der Waals surface area contributed by atoms with Crippen molar-refractivity contribution < 1.29 is 57.1 Å². The van der Waals surface area contributed by atoms with Gasteiger partial charge in [-0.15, -0.1) is 0 Å². The number of carbonyl (C=O) groups excluding carboxylic acids is 5. The van der Waals surface area contributed by atoms with Crippen LogP contribution in [-0.4, -0.2) is 86.9 Å². The summed E-state index contributed by atoms with van der Waals surface area (Å²) in [5, 5.41) is 2.73. The fourth-order valence-corrected chi connectivity index (χ4v) is 4.22. The highest BCUT2D eigenvalue weighted by Gasteiger charge is 2.58. The van der Waals surface area contributed by atoms with Gasteiger partial charge in [0.2, 0.25) is 5.91 Å². The van der Waals surface area contributed by atoms with Crippen molar-refractivity contribution >= 4 is 29.8 Å². The maximum Gasteiger partial charge on any atom is 0.366 e. The van der Waals surface area contributed by atoms with E-state index in [0.717, 1.165) is 33.4 Å². The molecular formula is C26H35NO12. The Morgan fingerprint density at radius 3 is 2.13 bits per heavy atom. The van der Waals surface area contributed by atoms with Crippen molar-refractivity contribution in [3.8, 4) is 0 Å². The van der Waals surface area contributed by atoms with Gasteiger partial charge < -0.3 is 38.5 Å². The molecule has 1 aromatic rings. The number of amides is 1. The van der Waals surface area contributed by atoms with Crippen LogP contribution in [0.25, 0.3) is 0 Å². The van der Waals surface area contributed by atoms with E-state index in [1.807, 2.05) is 30.3 Å². The second-order valence-electron chi connectivity index (χ2n) is 8.82. The second kappa shape index (κ2) is 14.6. The van der Waals surface area contributed by atoms with Gasteiger partial charge in [0.15, 0.2) is 12.2 Å². The van der Waals surface area contributed by atoms with Crippen LogP contribution < -0.4 is 5.32 Å². The summed E-state index contributed by atoms with van der Waals surface area (Å²) < 4.78 is 38.6. The molecule has 0 radical (unpaired) electrons. The highest BCUT2D eigenvalue weighted by molar-refractivity contribution is 5.78. The molecule has 0 aliphatic carbocycles. The molecular weight excluding hydrogens is 518 g/mol. The lowest BCUT2D eigenvalue weighted by Crippen LogP contribution is -2.69. The van der Waals surface area contributed by atoms with E-state index in [0.29, 0.717) is 0 Å². The zero-order chi connectivity index (χ0) is 29.2. The molecule has 13 nitrogen and oxygen atoms in total. The van der Waals surface area contributed by atoms with E-state index >= 15 is 0 Å². The average molecular weight is 554 g/mol. The first-order valence-electron chi connectivity index (χ1n) is 12.1. The molecule has 0 spiro atoms.